The van der Waals surface area contributed by atoms with Crippen LogP contribution >= 0.6 is 11.3 Å². The lowest BCUT2D eigenvalue weighted by atomic mass is 9.94. The summed E-state index contributed by atoms with van der Waals surface area (Å²) in [4.78, 5) is 15.3. The van der Waals surface area contributed by atoms with E-state index in [9.17, 15) is 0 Å². The van der Waals surface area contributed by atoms with Crippen LogP contribution in [0.2, 0.25) is 0 Å². The van der Waals surface area contributed by atoms with Crippen molar-refractivity contribution >= 4 is 54.5 Å². The van der Waals surface area contributed by atoms with Gasteiger partial charge in [-0.25, -0.2) is 15.0 Å². The molecule has 2 aromatic heterocycles. The highest BCUT2D eigenvalue weighted by Gasteiger charge is 2.33. The molecule has 0 saturated carbocycles. The summed E-state index contributed by atoms with van der Waals surface area (Å²) in [5, 5.41) is 10.5. The molecule has 5 nitrogen and oxygen atoms in total. The summed E-state index contributed by atoms with van der Waals surface area (Å²) in [6.07, 6.45) is 0.801. The molecule has 0 radical (unpaired) electrons. The average Bonchev–Trinajstić information content (AvgIpc) is 3.51. The number of para-hydroxylation sites is 2. The zero-order valence-electron chi connectivity index (χ0n) is 19.1. The standard InChI is InChI=1S/C29H21N5S/c1-18-13-15-20(16-14-18)25-17-26(22-10-6-8-19-7-2-3-9-21(19)22)34(33-25)29-32-27-28(35-29)31-24-12-5-4-11-23(24)30-27/h2-16,26H,17H2,1H3. The van der Waals surface area contributed by atoms with Crippen LogP contribution < -0.4 is 5.01 Å². The Labute approximate surface area is 206 Å². The first kappa shape index (κ1) is 20.2. The van der Waals surface area contributed by atoms with Gasteiger partial charge in [0.15, 0.2) is 10.5 Å². The first-order valence-corrected chi connectivity index (χ1v) is 12.5. The molecule has 6 heteroatoms. The lowest BCUT2D eigenvalue weighted by Gasteiger charge is -2.22. The van der Waals surface area contributed by atoms with Gasteiger partial charge in [-0.3, -0.25) is 0 Å². The highest BCUT2D eigenvalue weighted by Crippen LogP contribution is 2.41. The van der Waals surface area contributed by atoms with Gasteiger partial charge in [0.05, 0.1) is 22.8 Å². The average molecular weight is 472 g/mol. The molecule has 0 amide bonds. The highest BCUT2D eigenvalue weighted by atomic mass is 32.1. The molecule has 0 aliphatic carbocycles. The van der Waals surface area contributed by atoms with Crippen LogP contribution in [0.25, 0.3) is 32.3 Å². The van der Waals surface area contributed by atoms with Crippen molar-refractivity contribution in [2.75, 3.05) is 5.01 Å². The van der Waals surface area contributed by atoms with E-state index in [0.29, 0.717) is 5.65 Å². The molecule has 1 aliphatic rings. The Kier molecular flexibility index (Phi) is 4.60. The van der Waals surface area contributed by atoms with Crippen molar-refractivity contribution in [3.63, 3.8) is 0 Å². The van der Waals surface area contributed by atoms with E-state index in [1.807, 2.05) is 24.3 Å². The summed E-state index contributed by atoms with van der Waals surface area (Å²) < 4.78 is 0. The van der Waals surface area contributed by atoms with E-state index in [4.69, 9.17) is 20.1 Å². The maximum absolute atomic E-state index is 5.13. The number of aryl methyl sites for hydroxylation is 1. The zero-order valence-corrected chi connectivity index (χ0v) is 19.9. The van der Waals surface area contributed by atoms with E-state index >= 15 is 0 Å². The predicted molar refractivity (Wildman–Crippen MR) is 144 cm³/mol. The van der Waals surface area contributed by atoms with Crippen LogP contribution in [0, 0.1) is 6.92 Å². The molecular weight excluding hydrogens is 450 g/mol. The number of anilines is 1. The highest BCUT2D eigenvalue weighted by molar-refractivity contribution is 7.21. The van der Waals surface area contributed by atoms with Gasteiger partial charge in [-0.05, 0) is 41.0 Å². The van der Waals surface area contributed by atoms with Crippen molar-refractivity contribution in [2.45, 2.75) is 19.4 Å². The fraction of sp³-hybridized carbons (Fsp3) is 0.103. The van der Waals surface area contributed by atoms with Crippen molar-refractivity contribution < 1.29 is 0 Å². The van der Waals surface area contributed by atoms with Gasteiger partial charge in [0, 0.05) is 6.42 Å². The molecule has 4 aromatic carbocycles. The molecule has 35 heavy (non-hydrogen) atoms. The van der Waals surface area contributed by atoms with E-state index in [1.165, 1.54) is 21.9 Å². The van der Waals surface area contributed by atoms with E-state index < -0.39 is 0 Å². The smallest absolute Gasteiger partial charge is 0.210 e. The molecule has 0 N–H and O–H groups in total. The van der Waals surface area contributed by atoms with Crippen LogP contribution in [0.4, 0.5) is 5.13 Å². The Balaban J connectivity index is 1.40. The van der Waals surface area contributed by atoms with Gasteiger partial charge in [0.1, 0.15) is 0 Å². The van der Waals surface area contributed by atoms with E-state index in [-0.39, 0.29) is 6.04 Å². The minimum Gasteiger partial charge on any atom is -0.232 e. The topological polar surface area (TPSA) is 54.3 Å². The lowest BCUT2D eigenvalue weighted by molar-refractivity contribution is 0.712. The summed E-state index contributed by atoms with van der Waals surface area (Å²) in [5.74, 6) is 0. The van der Waals surface area contributed by atoms with E-state index in [0.717, 1.165) is 38.7 Å². The maximum atomic E-state index is 5.13. The second-order valence-electron chi connectivity index (χ2n) is 8.88. The Bertz CT molecular complexity index is 1700. The molecule has 3 heterocycles. The molecule has 7 rings (SSSR count). The molecule has 0 bridgehead atoms. The first-order valence-electron chi connectivity index (χ1n) is 11.7. The molecule has 0 fully saturated rings. The van der Waals surface area contributed by atoms with Crippen LogP contribution in [0.3, 0.4) is 0 Å². The van der Waals surface area contributed by atoms with Crippen LogP contribution in [0.15, 0.2) is 96.1 Å². The summed E-state index contributed by atoms with van der Waals surface area (Å²) >= 11 is 1.55. The van der Waals surface area contributed by atoms with Gasteiger partial charge in [-0.2, -0.15) is 10.1 Å². The molecule has 1 atom stereocenters. The van der Waals surface area contributed by atoms with Crippen LogP contribution in [0.1, 0.15) is 29.2 Å². The summed E-state index contributed by atoms with van der Waals surface area (Å²) in [7, 11) is 0. The van der Waals surface area contributed by atoms with Gasteiger partial charge >= 0.3 is 0 Å². The number of hydrazone groups is 1. The number of fused-ring (bicyclic) bond motifs is 3. The van der Waals surface area contributed by atoms with Crippen molar-refractivity contribution in [3.8, 4) is 0 Å². The number of benzene rings is 4. The lowest BCUT2D eigenvalue weighted by Crippen LogP contribution is -2.18. The quantitative estimate of drug-likeness (QED) is 0.277. The second-order valence-corrected chi connectivity index (χ2v) is 9.84. The third-order valence-electron chi connectivity index (χ3n) is 6.58. The normalized spacial score (nSPS) is 15.9. The largest absolute Gasteiger partial charge is 0.232 e. The molecule has 1 unspecified atom stereocenters. The van der Waals surface area contributed by atoms with Gasteiger partial charge in [-0.15, -0.1) is 0 Å². The van der Waals surface area contributed by atoms with E-state index in [2.05, 4.69) is 78.7 Å². The SMILES string of the molecule is Cc1ccc(C2=NN(c3nc4nc5ccccc5nc4s3)C(c3cccc4ccccc34)C2)cc1. The maximum Gasteiger partial charge on any atom is 0.210 e. The number of hydrogen-bond donors (Lipinski definition) is 0. The molecule has 0 spiro atoms. The number of rotatable bonds is 3. The van der Waals surface area contributed by atoms with Crippen molar-refractivity contribution in [2.24, 2.45) is 5.10 Å². The summed E-state index contributed by atoms with van der Waals surface area (Å²) in [6, 6.07) is 31.6. The van der Waals surface area contributed by atoms with Crippen molar-refractivity contribution in [1.82, 2.24) is 15.0 Å². The van der Waals surface area contributed by atoms with Crippen LogP contribution in [-0.4, -0.2) is 20.7 Å². The minimum absolute atomic E-state index is 0.0346. The van der Waals surface area contributed by atoms with Crippen LogP contribution in [-0.2, 0) is 0 Å². The van der Waals surface area contributed by atoms with Gasteiger partial charge in [-0.1, -0.05) is 95.8 Å². The molecule has 168 valence electrons. The van der Waals surface area contributed by atoms with Gasteiger partial charge < -0.3 is 0 Å². The van der Waals surface area contributed by atoms with E-state index in [1.54, 1.807) is 11.3 Å². The fourth-order valence-corrected chi connectivity index (χ4v) is 5.70. The Morgan fingerprint density at radius 2 is 1.51 bits per heavy atom. The van der Waals surface area contributed by atoms with Gasteiger partial charge in [0.25, 0.3) is 0 Å². The third-order valence-corrected chi connectivity index (χ3v) is 7.51. The third kappa shape index (κ3) is 3.45. The molecule has 6 aromatic rings. The molecule has 1 aliphatic heterocycles. The monoisotopic (exact) mass is 471 g/mol. The number of aromatic nitrogens is 3. The number of hydrogen-bond acceptors (Lipinski definition) is 6. The molecule has 0 saturated heterocycles. The summed E-state index contributed by atoms with van der Waals surface area (Å²) in [5.41, 5.74) is 7.10. The minimum atomic E-state index is 0.0346. The van der Waals surface area contributed by atoms with Crippen molar-refractivity contribution in [3.05, 3.63) is 108 Å². The van der Waals surface area contributed by atoms with Gasteiger partial charge in [0.2, 0.25) is 5.13 Å². The fourth-order valence-electron chi connectivity index (χ4n) is 4.80. The number of thiazole rings is 1. The summed E-state index contributed by atoms with van der Waals surface area (Å²) in [6.45, 7) is 2.11. The zero-order chi connectivity index (χ0) is 23.4. The Morgan fingerprint density at radius 3 is 2.37 bits per heavy atom. The Hall–Kier alpha value is -4.16. The predicted octanol–water partition coefficient (Wildman–Crippen LogP) is 7.06. The Morgan fingerprint density at radius 1 is 0.771 bits per heavy atom. The second kappa shape index (κ2) is 7.96. The number of nitrogens with zero attached hydrogens (tertiary/aromatic N) is 5. The van der Waals surface area contributed by atoms with Crippen molar-refractivity contribution in [1.29, 1.82) is 0 Å². The van der Waals surface area contributed by atoms with Crippen LogP contribution in [0.5, 0.6) is 0 Å². The first-order chi connectivity index (χ1) is 17.2. The molecular formula is C29H21N5S.